The van der Waals surface area contributed by atoms with Crippen LogP contribution in [0.4, 0.5) is 0 Å². The van der Waals surface area contributed by atoms with Crippen LogP contribution in [0.5, 0.6) is 0 Å². The molecule has 2 aromatic rings. The van der Waals surface area contributed by atoms with Gasteiger partial charge < -0.3 is 5.32 Å². The zero-order valence-corrected chi connectivity index (χ0v) is 12.2. The van der Waals surface area contributed by atoms with E-state index in [-0.39, 0.29) is 0 Å². The molecule has 2 heterocycles. The Kier molecular flexibility index (Phi) is 4.25. The van der Waals surface area contributed by atoms with E-state index in [2.05, 4.69) is 38.1 Å². The number of aryl methyl sites for hydroxylation is 1. The summed E-state index contributed by atoms with van der Waals surface area (Å²) in [6.07, 6.45) is 1.80. The van der Waals surface area contributed by atoms with E-state index in [1.807, 2.05) is 19.1 Å². The first kappa shape index (κ1) is 12.7. The van der Waals surface area contributed by atoms with Crippen LogP contribution < -0.4 is 5.32 Å². The van der Waals surface area contributed by atoms with Gasteiger partial charge in [-0.3, -0.25) is 4.98 Å². The first-order valence-corrected chi connectivity index (χ1v) is 7.10. The molecule has 3 nitrogen and oxygen atoms in total. The molecule has 0 aliphatic rings. The van der Waals surface area contributed by atoms with Gasteiger partial charge in [-0.05, 0) is 41.5 Å². The number of rotatable bonds is 4. The van der Waals surface area contributed by atoms with Crippen molar-refractivity contribution < 1.29 is 0 Å². The summed E-state index contributed by atoms with van der Waals surface area (Å²) in [6.45, 7) is 6.01. The number of hydrogen-bond acceptors (Lipinski definition) is 4. The fourth-order valence-corrected chi connectivity index (χ4v) is 2.69. The average molecular weight is 312 g/mol. The lowest BCUT2D eigenvalue weighted by molar-refractivity contribution is 0.731. The monoisotopic (exact) mass is 311 g/mol. The van der Waals surface area contributed by atoms with Crippen molar-refractivity contribution in [2.24, 2.45) is 0 Å². The fraction of sp³-hybridized carbons (Fsp3) is 0.333. The summed E-state index contributed by atoms with van der Waals surface area (Å²) in [7, 11) is 0. The fourth-order valence-electron chi connectivity index (χ4n) is 1.44. The lowest BCUT2D eigenvalue weighted by Crippen LogP contribution is -2.11. The maximum atomic E-state index is 4.56. The highest BCUT2D eigenvalue weighted by Gasteiger charge is 2.09. The molecule has 0 aliphatic heterocycles. The average Bonchev–Trinajstić information content (AvgIpc) is 2.69. The molecule has 0 bridgehead atoms. The number of pyridine rings is 1. The Balaban J connectivity index is 2.24. The molecule has 0 aliphatic carbocycles. The van der Waals surface area contributed by atoms with Crippen molar-refractivity contribution in [3.05, 3.63) is 33.4 Å². The summed E-state index contributed by atoms with van der Waals surface area (Å²) in [5.74, 6) is 0. The van der Waals surface area contributed by atoms with Crippen LogP contribution in [0.25, 0.3) is 10.7 Å². The molecule has 0 saturated heterocycles. The number of halogens is 1. The number of nitrogens with one attached hydrogen (secondary N) is 1. The van der Waals surface area contributed by atoms with E-state index in [9.17, 15) is 0 Å². The zero-order valence-electron chi connectivity index (χ0n) is 9.83. The summed E-state index contributed by atoms with van der Waals surface area (Å²) in [4.78, 5) is 10.2. The quantitative estimate of drug-likeness (QED) is 0.940. The van der Waals surface area contributed by atoms with E-state index in [1.54, 1.807) is 17.5 Å². The van der Waals surface area contributed by atoms with Crippen LogP contribution in [0.15, 0.2) is 22.8 Å². The summed E-state index contributed by atoms with van der Waals surface area (Å²) >= 11 is 5.09. The normalized spacial score (nSPS) is 10.8. The Morgan fingerprint density at radius 2 is 2.24 bits per heavy atom. The number of thiazole rings is 1. The van der Waals surface area contributed by atoms with Gasteiger partial charge in [0, 0.05) is 22.1 Å². The van der Waals surface area contributed by atoms with Crippen LogP contribution in [0, 0.1) is 6.92 Å². The van der Waals surface area contributed by atoms with E-state index < -0.39 is 0 Å². The highest BCUT2D eigenvalue weighted by Crippen LogP contribution is 2.27. The van der Waals surface area contributed by atoms with Gasteiger partial charge in [-0.15, -0.1) is 11.3 Å². The summed E-state index contributed by atoms with van der Waals surface area (Å²) in [5, 5.41) is 4.31. The highest BCUT2D eigenvalue weighted by molar-refractivity contribution is 9.10. The molecule has 0 amide bonds. The van der Waals surface area contributed by atoms with Crippen LogP contribution in [0.3, 0.4) is 0 Å². The molecule has 1 N–H and O–H groups in total. The Bertz CT molecular complexity index is 493. The van der Waals surface area contributed by atoms with Gasteiger partial charge in [0.05, 0.1) is 11.4 Å². The van der Waals surface area contributed by atoms with E-state index >= 15 is 0 Å². The standard InChI is InChI=1S/C12H14BrN3S/c1-3-14-7-11-8(2)16-12(17-11)10-5-4-9(13)6-15-10/h4-6,14H,3,7H2,1-2H3. The first-order valence-electron chi connectivity index (χ1n) is 5.49. The van der Waals surface area contributed by atoms with Gasteiger partial charge in [-0.2, -0.15) is 0 Å². The van der Waals surface area contributed by atoms with Crippen molar-refractivity contribution >= 4 is 27.3 Å². The molecule has 2 aromatic heterocycles. The topological polar surface area (TPSA) is 37.8 Å². The molecule has 0 spiro atoms. The maximum absolute atomic E-state index is 4.56. The summed E-state index contributed by atoms with van der Waals surface area (Å²) < 4.78 is 0.988. The van der Waals surface area contributed by atoms with Crippen LogP contribution in [-0.2, 0) is 6.54 Å². The van der Waals surface area contributed by atoms with Gasteiger partial charge in [-0.25, -0.2) is 4.98 Å². The minimum atomic E-state index is 0.885. The van der Waals surface area contributed by atoms with Gasteiger partial charge in [0.15, 0.2) is 0 Å². The van der Waals surface area contributed by atoms with Gasteiger partial charge in [0.1, 0.15) is 5.01 Å². The lowest BCUT2D eigenvalue weighted by atomic mass is 10.3. The molecular weight excluding hydrogens is 298 g/mol. The molecular formula is C12H14BrN3S. The Morgan fingerprint density at radius 1 is 1.41 bits per heavy atom. The molecule has 90 valence electrons. The molecule has 0 saturated carbocycles. The van der Waals surface area contributed by atoms with Gasteiger partial charge in [0.25, 0.3) is 0 Å². The molecule has 5 heteroatoms. The second kappa shape index (κ2) is 5.71. The molecule has 0 fully saturated rings. The minimum Gasteiger partial charge on any atom is -0.312 e. The number of hydrogen-bond donors (Lipinski definition) is 1. The predicted molar refractivity (Wildman–Crippen MR) is 75.2 cm³/mol. The van der Waals surface area contributed by atoms with Crippen LogP contribution >= 0.6 is 27.3 Å². The van der Waals surface area contributed by atoms with Crippen LogP contribution in [-0.4, -0.2) is 16.5 Å². The van der Waals surface area contributed by atoms with Gasteiger partial charge in [0.2, 0.25) is 0 Å². The smallest absolute Gasteiger partial charge is 0.142 e. The van der Waals surface area contributed by atoms with Crippen molar-refractivity contribution in [2.45, 2.75) is 20.4 Å². The van der Waals surface area contributed by atoms with E-state index in [4.69, 9.17) is 0 Å². The van der Waals surface area contributed by atoms with Crippen molar-refractivity contribution in [1.82, 2.24) is 15.3 Å². The van der Waals surface area contributed by atoms with Gasteiger partial charge >= 0.3 is 0 Å². The molecule has 0 unspecified atom stereocenters. The Hall–Kier alpha value is -0.780. The largest absolute Gasteiger partial charge is 0.312 e. The summed E-state index contributed by atoms with van der Waals surface area (Å²) in [6, 6.07) is 3.97. The highest BCUT2D eigenvalue weighted by atomic mass is 79.9. The van der Waals surface area contributed by atoms with Crippen molar-refractivity contribution in [1.29, 1.82) is 0 Å². The molecule has 0 radical (unpaired) electrons. The zero-order chi connectivity index (χ0) is 12.3. The second-order valence-electron chi connectivity index (χ2n) is 3.67. The van der Waals surface area contributed by atoms with Gasteiger partial charge in [-0.1, -0.05) is 6.92 Å². The Morgan fingerprint density at radius 3 is 2.88 bits per heavy atom. The van der Waals surface area contributed by atoms with Crippen LogP contribution in [0.2, 0.25) is 0 Å². The second-order valence-corrected chi connectivity index (χ2v) is 5.67. The number of nitrogens with zero attached hydrogens (tertiary/aromatic N) is 2. The molecule has 0 aromatic carbocycles. The first-order chi connectivity index (χ1) is 8.20. The molecule has 2 rings (SSSR count). The van der Waals surface area contributed by atoms with E-state index in [0.717, 1.165) is 34.0 Å². The summed E-state index contributed by atoms with van der Waals surface area (Å²) in [5.41, 5.74) is 2.03. The third-order valence-electron chi connectivity index (χ3n) is 2.37. The maximum Gasteiger partial charge on any atom is 0.142 e. The molecule has 0 atom stereocenters. The molecule has 17 heavy (non-hydrogen) atoms. The van der Waals surface area contributed by atoms with E-state index in [0.29, 0.717) is 0 Å². The minimum absolute atomic E-state index is 0.885. The van der Waals surface area contributed by atoms with Crippen molar-refractivity contribution in [3.8, 4) is 10.7 Å². The third-order valence-corrected chi connectivity index (χ3v) is 4.02. The predicted octanol–water partition coefficient (Wildman–Crippen LogP) is 3.39. The third kappa shape index (κ3) is 3.12. The van der Waals surface area contributed by atoms with Crippen molar-refractivity contribution in [3.63, 3.8) is 0 Å². The van der Waals surface area contributed by atoms with Crippen molar-refractivity contribution in [2.75, 3.05) is 6.54 Å². The SMILES string of the molecule is CCNCc1sc(-c2ccc(Br)cn2)nc1C. The van der Waals surface area contributed by atoms with Crippen LogP contribution in [0.1, 0.15) is 17.5 Å². The Labute approximate surface area is 113 Å². The lowest BCUT2D eigenvalue weighted by Gasteiger charge is -1.97. The number of aromatic nitrogens is 2. The van der Waals surface area contributed by atoms with E-state index in [1.165, 1.54) is 4.88 Å².